The third kappa shape index (κ3) is 1.55. The number of rotatable bonds is 0. The summed E-state index contributed by atoms with van der Waals surface area (Å²) in [6, 6.07) is 0. The smallest absolute Gasteiger partial charge is 0.221 e. The van der Waals surface area contributed by atoms with E-state index in [1.807, 2.05) is 4.90 Å². The van der Waals surface area contributed by atoms with Gasteiger partial charge in [-0.3, -0.25) is 4.79 Å². The summed E-state index contributed by atoms with van der Waals surface area (Å²) in [6.07, 6.45) is 1.28. The molecule has 1 amide bonds. The minimum absolute atomic E-state index is 0.167. The first-order chi connectivity index (χ1) is 6.20. The van der Waals surface area contributed by atoms with E-state index in [-0.39, 0.29) is 12.1 Å². The zero-order valence-electron chi connectivity index (χ0n) is 7.52. The van der Waals surface area contributed by atoms with Gasteiger partial charge in [0.25, 0.3) is 0 Å². The van der Waals surface area contributed by atoms with Crippen LogP contribution in [0.4, 0.5) is 0 Å². The Hall–Kier alpha value is -0.290. The number of nitrogens with zero attached hydrogens (tertiary/aromatic N) is 2. The van der Waals surface area contributed by atoms with Crippen molar-refractivity contribution in [3.63, 3.8) is 0 Å². The molecule has 1 atom stereocenters. The second-order valence-corrected chi connectivity index (χ2v) is 4.97. The van der Waals surface area contributed by atoms with Gasteiger partial charge in [0, 0.05) is 25.8 Å². The van der Waals surface area contributed by atoms with Crippen LogP contribution in [0.25, 0.3) is 0 Å². The lowest BCUT2D eigenvalue weighted by atomic mass is 10.2. The molecule has 2 saturated heterocycles. The Morgan fingerprint density at radius 2 is 2.38 bits per heavy atom. The van der Waals surface area contributed by atoms with Crippen LogP contribution in [0.1, 0.15) is 13.3 Å². The molecule has 2 rings (SSSR count). The number of thioether (sulfide) groups is 1. The first-order valence-corrected chi connectivity index (χ1v) is 5.80. The molecule has 0 aromatic heterocycles. The van der Waals surface area contributed by atoms with Crippen molar-refractivity contribution in [3.05, 3.63) is 0 Å². The third-order valence-electron chi connectivity index (χ3n) is 2.51. The molecule has 5 heteroatoms. The number of carbonyl (C=O) groups is 1. The van der Waals surface area contributed by atoms with E-state index in [1.165, 1.54) is 0 Å². The van der Waals surface area contributed by atoms with Crippen LogP contribution in [0, 0.1) is 0 Å². The van der Waals surface area contributed by atoms with Gasteiger partial charge in [-0.05, 0) is 6.42 Å². The van der Waals surface area contributed by atoms with Crippen molar-refractivity contribution in [3.8, 4) is 0 Å². The minimum atomic E-state index is 0.167. The standard InChI is InChI=1S/C8H12N2OS2/c1-6(11)9-3-2-4-10-7(9)5-13-8(10)12/h7H,2-5H2,1H3/t7-/m0/s1. The topological polar surface area (TPSA) is 23.6 Å². The van der Waals surface area contributed by atoms with E-state index < -0.39 is 0 Å². The van der Waals surface area contributed by atoms with Gasteiger partial charge in [-0.25, -0.2) is 0 Å². The van der Waals surface area contributed by atoms with Gasteiger partial charge in [-0.2, -0.15) is 0 Å². The van der Waals surface area contributed by atoms with Crippen molar-refractivity contribution in [2.45, 2.75) is 19.5 Å². The zero-order chi connectivity index (χ0) is 9.42. The molecule has 0 radical (unpaired) electrons. The maximum atomic E-state index is 11.3. The SMILES string of the molecule is CC(=O)N1CCCN2C(=S)SC[C@@H]12. The van der Waals surface area contributed by atoms with Gasteiger partial charge in [0.15, 0.2) is 0 Å². The molecule has 2 fully saturated rings. The second kappa shape index (κ2) is 3.46. The monoisotopic (exact) mass is 216 g/mol. The molecule has 0 saturated carbocycles. The fourth-order valence-electron chi connectivity index (χ4n) is 1.87. The zero-order valence-corrected chi connectivity index (χ0v) is 9.16. The average molecular weight is 216 g/mol. The van der Waals surface area contributed by atoms with Crippen LogP contribution in [0.15, 0.2) is 0 Å². The van der Waals surface area contributed by atoms with Crippen LogP contribution in [-0.4, -0.2) is 45.0 Å². The summed E-state index contributed by atoms with van der Waals surface area (Å²) in [5.41, 5.74) is 0. The molecule has 2 aliphatic rings. The van der Waals surface area contributed by atoms with Gasteiger partial charge in [0.05, 0.1) is 0 Å². The summed E-state index contributed by atoms with van der Waals surface area (Å²) in [5, 5.41) is 0. The molecule has 0 bridgehead atoms. The fraction of sp³-hybridized carbons (Fsp3) is 0.750. The molecule has 0 aliphatic carbocycles. The molecule has 0 aromatic carbocycles. The highest BCUT2D eigenvalue weighted by Gasteiger charge is 2.37. The van der Waals surface area contributed by atoms with E-state index in [1.54, 1.807) is 18.7 Å². The lowest BCUT2D eigenvalue weighted by Crippen LogP contribution is -2.54. The number of hydrogen-bond donors (Lipinski definition) is 0. The van der Waals surface area contributed by atoms with Crippen LogP contribution < -0.4 is 0 Å². The van der Waals surface area contributed by atoms with Crippen LogP contribution >= 0.6 is 24.0 Å². The summed E-state index contributed by atoms with van der Waals surface area (Å²) < 4.78 is 0.955. The molecule has 0 N–H and O–H groups in total. The van der Waals surface area contributed by atoms with Gasteiger partial charge in [0.2, 0.25) is 5.91 Å². The Labute approximate surface area is 87.4 Å². The Balaban J connectivity index is 2.16. The molecular weight excluding hydrogens is 204 g/mol. The Bertz CT molecular complexity index is 257. The van der Waals surface area contributed by atoms with Gasteiger partial charge in [-0.1, -0.05) is 24.0 Å². The van der Waals surface area contributed by atoms with E-state index >= 15 is 0 Å². The van der Waals surface area contributed by atoms with Gasteiger partial charge in [0.1, 0.15) is 10.5 Å². The second-order valence-electron chi connectivity index (χ2n) is 3.32. The Kier molecular flexibility index (Phi) is 2.47. The van der Waals surface area contributed by atoms with Crippen molar-refractivity contribution < 1.29 is 4.79 Å². The summed E-state index contributed by atoms with van der Waals surface area (Å²) >= 11 is 6.89. The largest absolute Gasteiger partial charge is 0.336 e. The predicted octanol–water partition coefficient (Wildman–Crippen LogP) is 0.898. The lowest BCUT2D eigenvalue weighted by molar-refractivity contribution is -0.134. The molecule has 0 aromatic rings. The van der Waals surface area contributed by atoms with E-state index in [0.29, 0.717) is 0 Å². The molecule has 0 spiro atoms. The van der Waals surface area contributed by atoms with Crippen molar-refractivity contribution >= 4 is 34.2 Å². The number of fused-ring (bicyclic) bond motifs is 1. The molecule has 2 heterocycles. The summed E-state index contributed by atoms with van der Waals surface area (Å²) in [6.45, 7) is 3.54. The van der Waals surface area contributed by atoms with Crippen molar-refractivity contribution in [1.82, 2.24) is 9.80 Å². The number of hydrogen-bond acceptors (Lipinski definition) is 3. The average Bonchev–Trinajstić information content (AvgIpc) is 2.48. The van der Waals surface area contributed by atoms with Crippen molar-refractivity contribution in [2.75, 3.05) is 18.8 Å². The fourth-order valence-corrected chi connectivity index (χ4v) is 3.31. The van der Waals surface area contributed by atoms with Crippen molar-refractivity contribution in [1.29, 1.82) is 0 Å². The van der Waals surface area contributed by atoms with Gasteiger partial charge >= 0.3 is 0 Å². The van der Waals surface area contributed by atoms with Gasteiger partial charge < -0.3 is 9.80 Å². The highest BCUT2D eigenvalue weighted by molar-refractivity contribution is 8.23. The maximum absolute atomic E-state index is 11.3. The molecule has 0 unspecified atom stereocenters. The van der Waals surface area contributed by atoms with E-state index in [2.05, 4.69) is 4.90 Å². The third-order valence-corrected chi connectivity index (χ3v) is 4.05. The molecule has 13 heavy (non-hydrogen) atoms. The summed E-state index contributed by atoms with van der Waals surface area (Å²) in [4.78, 5) is 15.4. The van der Waals surface area contributed by atoms with Crippen LogP contribution in [0.2, 0.25) is 0 Å². The first kappa shape index (κ1) is 9.27. The number of thiocarbonyl (C=S) groups is 1. The highest BCUT2D eigenvalue weighted by Crippen LogP contribution is 2.29. The van der Waals surface area contributed by atoms with Gasteiger partial charge in [-0.15, -0.1) is 0 Å². The first-order valence-electron chi connectivity index (χ1n) is 4.41. The summed E-state index contributed by atoms with van der Waals surface area (Å²) in [5.74, 6) is 1.11. The van der Waals surface area contributed by atoms with E-state index in [4.69, 9.17) is 12.2 Å². The van der Waals surface area contributed by atoms with Crippen LogP contribution in [-0.2, 0) is 4.79 Å². The molecule has 72 valence electrons. The Morgan fingerprint density at radius 3 is 3.08 bits per heavy atom. The lowest BCUT2D eigenvalue weighted by Gasteiger charge is -2.39. The normalized spacial score (nSPS) is 27.8. The van der Waals surface area contributed by atoms with Crippen molar-refractivity contribution in [2.24, 2.45) is 0 Å². The number of carbonyl (C=O) groups excluding carboxylic acids is 1. The quantitative estimate of drug-likeness (QED) is 0.561. The molecule has 3 nitrogen and oxygen atoms in total. The number of amides is 1. The summed E-state index contributed by atoms with van der Waals surface area (Å²) in [7, 11) is 0. The van der Waals surface area contributed by atoms with E-state index in [9.17, 15) is 4.79 Å². The predicted molar refractivity (Wildman–Crippen MR) is 57.6 cm³/mol. The van der Waals surface area contributed by atoms with Crippen LogP contribution in [0.3, 0.4) is 0 Å². The Morgan fingerprint density at radius 1 is 1.62 bits per heavy atom. The molecular formula is C8H12N2OS2. The maximum Gasteiger partial charge on any atom is 0.221 e. The van der Waals surface area contributed by atoms with Crippen LogP contribution in [0.5, 0.6) is 0 Å². The molecule has 2 aliphatic heterocycles. The highest BCUT2D eigenvalue weighted by atomic mass is 32.2. The minimum Gasteiger partial charge on any atom is -0.336 e. The van der Waals surface area contributed by atoms with E-state index in [0.717, 1.165) is 29.6 Å².